The predicted octanol–water partition coefficient (Wildman–Crippen LogP) is 6.38. The zero-order valence-corrected chi connectivity index (χ0v) is 15.0. The molecule has 100 valence electrons. The SMILES string of the molecule is Fc1ccc(Cl)cc1CNc1c(Br)cc(Br)cc1Br. The van der Waals surface area contributed by atoms with E-state index in [1.807, 2.05) is 12.1 Å². The molecule has 0 aliphatic rings. The molecule has 2 aromatic rings. The largest absolute Gasteiger partial charge is 0.379 e. The number of rotatable bonds is 3. The van der Waals surface area contributed by atoms with Gasteiger partial charge in [-0.3, -0.25) is 0 Å². The van der Waals surface area contributed by atoms with Crippen LogP contribution in [0.3, 0.4) is 0 Å². The van der Waals surface area contributed by atoms with Crippen molar-refractivity contribution in [1.29, 1.82) is 0 Å². The lowest BCUT2D eigenvalue weighted by atomic mass is 10.2. The minimum Gasteiger partial charge on any atom is -0.379 e. The molecule has 0 aromatic heterocycles. The lowest BCUT2D eigenvalue weighted by molar-refractivity contribution is 0.613. The van der Waals surface area contributed by atoms with Crippen molar-refractivity contribution >= 4 is 65.1 Å². The van der Waals surface area contributed by atoms with Gasteiger partial charge in [0.2, 0.25) is 0 Å². The lowest BCUT2D eigenvalue weighted by Gasteiger charge is -2.12. The van der Waals surface area contributed by atoms with E-state index in [2.05, 4.69) is 53.1 Å². The molecule has 0 saturated carbocycles. The van der Waals surface area contributed by atoms with Crippen LogP contribution in [0.25, 0.3) is 0 Å². The van der Waals surface area contributed by atoms with E-state index in [0.717, 1.165) is 19.1 Å². The normalized spacial score (nSPS) is 10.6. The summed E-state index contributed by atoms with van der Waals surface area (Å²) >= 11 is 16.2. The fourth-order valence-corrected chi connectivity index (χ4v) is 4.31. The Morgan fingerprint density at radius 3 is 2.32 bits per heavy atom. The van der Waals surface area contributed by atoms with Gasteiger partial charge in [0.25, 0.3) is 0 Å². The first-order chi connectivity index (χ1) is 8.97. The molecular weight excluding hydrogens is 464 g/mol. The molecule has 0 fully saturated rings. The van der Waals surface area contributed by atoms with E-state index in [1.54, 1.807) is 6.07 Å². The Balaban J connectivity index is 2.21. The van der Waals surface area contributed by atoms with Gasteiger partial charge in [-0.25, -0.2) is 4.39 Å². The van der Waals surface area contributed by atoms with Gasteiger partial charge in [-0.2, -0.15) is 0 Å². The molecule has 0 unspecified atom stereocenters. The van der Waals surface area contributed by atoms with Crippen molar-refractivity contribution in [2.75, 3.05) is 5.32 Å². The predicted molar refractivity (Wildman–Crippen MR) is 88.3 cm³/mol. The Bertz CT molecular complexity index is 596. The molecule has 2 rings (SSSR count). The summed E-state index contributed by atoms with van der Waals surface area (Å²) in [6.45, 7) is 0.352. The summed E-state index contributed by atoms with van der Waals surface area (Å²) in [6, 6.07) is 8.35. The van der Waals surface area contributed by atoms with Crippen LogP contribution in [0.1, 0.15) is 5.56 Å². The smallest absolute Gasteiger partial charge is 0.128 e. The molecule has 1 nitrogen and oxygen atoms in total. The van der Waals surface area contributed by atoms with Gasteiger partial charge in [0.15, 0.2) is 0 Å². The molecule has 2 aromatic carbocycles. The number of anilines is 1. The van der Waals surface area contributed by atoms with Crippen LogP contribution in [-0.4, -0.2) is 0 Å². The Morgan fingerprint density at radius 1 is 1.05 bits per heavy atom. The Hall–Kier alpha value is -0.100. The first-order valence-electron chi connectivity index (χ1n) is 5.29. The van der Waals surface area contributed by atoms with Crippen molar-refractivity contribution in [2.45, 2.75) is 6.54 Å². The van der Waals surface area contributed by atoms with Crippen LogP contribution in [0.5, 0.6) is 0 Å². The van der Waals surface area contributed by atoms with Gasteiger partial charge in [0.05, 0.1) is 5.69 Å². The van der Waals surface area contributed by atoms with Crippen molar-refractivity contribution in [3.8, 4) is 0 Å². The third-order valence-corrected chi connectivity index (χ3v) is 4.41. The minimum atomic E-state index is -0.277. The highest BCUT2D eigenvalue weighted by Crippen LogP contribution is 2.34. The molecule has 0 amide bonds. The van der Waals surface area contributed by atoms with Gasteiger partial charge in [0, 0.05) is 30.5 Å². The maximum absolute atomic E-state index is 13.6. The molecule has 0 aliphatic heterocycles. The number of hydrogen-bond acceptors (Lipinski definition) is 1. The highest BCUT2D eigenvalue weighted by molar-refractivity contribution is 9.11. The van der Waals surface area contributed by atoms with Crippen molar-refractivity contribution in [1.82, 2.24) is 0 Å². The summed E-state index contributed by atoms with van der Waals surface area (Å²) in [7, 11) is 0. The summed E-state index contributed by atoms with van der Waals surface area (Å²) < 4.78 is 16.3. The second-order valence-electron chi connectivity index (χ2n) is 3.83. The van der Waals surface area contributed by atoms with E-state index in [1.165, 1.54) is 12.1 Å². The van der Waals surface area contributed by atoms with Crippen molar-refractivity contribution < 1.29 is 4.39 Å². The topological polar surface area (TPSA) is 12.0 Å². The molecule has 0 saturated heterocycles. The first-order valence-corrected chi connectivity index (χ1v) is 8.05. The summed E-state index contributed by atoms with van der Waals surface area (Å²) in [5.74, 6) is -0.277. The van der Waals surface area contributed by atoms with Gasteiger partial charge in [-0.1, -0.05) is 27.5 Å². The van der Waals surface area contributed by atoms with Crippen LogP contribution in [0.4, 0.5) is 10.1 Å². The van der Waals surface area contributed by atoms with E-state index in [4.69, 9.17) is 11.6 Å². The Labute approximate surface area is 140 Å². The monoisotopic (exact) mass is 469 g/mol. The number of benzene rings is 2. The maximum atomic E-state index is 13.6. The molecule has 0 aliphatic carbocycles. The Kier molecular flexibility index (Phi) is 5.29. The van der Waals surface area contributed by atoms with E-state index in [9.17, 15) is 4.39 Å². The molecule has 0 atom stereocenters. The molecule has 0 heterocycles. The van der Waals surface area contributed by atoms with Gasteiger partial charge in [-0.15, -0.1) is 0 Å². The average Bonchev–Trinajstić information content (AvgIpc) is 2.32. The molecule has 0 spiro atoms. The fourth-order valence-electron chi connectivity index (χ4n) is 1.57. The third-order valence-electron chi connectivity index (χ3n) is 2.47. The van der Waals surface area contributed by atoms with Crippen LogP contribution in [-0.2, 0) is 6.54 Å². The average molecular weight is 472 g/mol. The van der Waals surface area contributed by atoms with Crippen LogP contribution in [0.15, 0.2) is 43.7 Å². The van der Waals surface area contributed by atoms with E-state index in [0.29, 0.717) is 17.1 Å². The fraction of sp³-hybridized carbons (Fsp3) is 0.0769. The van der Waals surface area contributed by atoms with Crippen LogP contribution < -0.4 is 5.32 Å². The van der Waals surface area contributed by atoms with Crippen LogP contribution in [0, 0.1) is 5.82 Å². The third kappa shape index (κ3) is 3.94. The van der Waals surface area contributed by atoms with Crippen molar-refractivity contribution in [2.24, 2.45) is 0 Å². The summed E-state index contributed by atoms with van der Waals surface area (Å²) in [5.41, 5.74) is 1.39. The molecule has 6 heteroatoms. The second kappa shape index (κ2) is 6.57. The van der Waals surface area contributed by atoms with E-state index >= 15 is 0 Å². The van der Waals surface area contributed by atoms with Crippen molar-refractivity contribution in [3.63, 3.8) is 0 Å². The maximum Gasteiger partial charge on any atom is 0.128 e. The summed E-state index contributed by atoms with van der Waals surface area (Å²) in [5, 5.41) is 3.70. The molecule has 1 N–H and O–H groups in total. The van der Waals surface area contributed by atoms with Gasteiger partial charge < -0.3 is 5.32 Å². The lowest BCUT2D eigenvalue weighted by Crippen LogP contribution is -2.03. The highest BCUT2D eigenvalue weighted by Gasteiger charge is 2.08. The van der Waals surface area contributed by atoms with E-state index in [-0.39, 0.29) is 5.82 Å². The Morgan fingerprint density at radius 2 is 1.68 bits per heavy atom. The first kappa shape index (κ1) is 15.3. The van der Waals surface area contributed by atoms with E-state index < -0.39 is 0 Å². The minimum absolute atomic E-state index is 0.277. The molecule has 19 heavy (non-hydrogen) atoms. The van der Waals surface area contributed by atoms with Gasteiger partial charge >= 0.3 is 0 Å². The zero-order chi connectivity index (χ0) is 14.0. The van der Waals surface area contributed by atoms with Crippen LogP contribution in [0.2, 0.25) is 5.02 Å². The zero-order valence-electron chi connectivity index (χ0n) is 9.48. The van der Waals surface area contributed by atoms with Gasteiger partial charge in [-0.05, 0) is 62.2 Å². The van der Waals surface area contributed by atoms with Gasteiger partial charge in [0.1, 0.15) is 5.82 Å². The second-order valence-corrected chi connectivity index (χ2v) is 6.89. The highest BCUT2D eigenvalue weighted by atomic mass is 79.9. The summed E-state index contributed by atoms with van der Waals surface area (Å²) in [4.78, 5) is 0. The molecular formula is C13H8Br3ClFN. The quantitative estimate of drug-likeness (QED) is 0.547. The summed E-state index contributed by atoms with van der Waals surface area (Å²) in [6.07, 6.45) is 0. The van der Waals surface area contributed by atoms with Crippen molar-refractivity contribution in [3.05, 3.63) is 60.2 Å². The standard InChI is InChI=1S/C13H8Br3ClFN/c14-8-4-10(15)13(11(16)5-8)19-6-7-3-9(17)1-2-12(7)18/h1-5,19H,6H2. The van der Waals surface area contributed by atoms with Crippen LogP contribution >= 0.6 is 59.4 Å². The number of nitrogens with one attached hydrogen (secondary N) is 1. The molecule has 0 radical (unpaired) electrons. The number of hydrogen-bond donors (Lipinski definition) is 1. The molecule has 0 bridgehead atoms. The number of halogens is 5.